The van der Waals surface area contributed by atoms with Crippen LogP contribution >= 0.6 is 0 Å². The fraction of sp³-hybridized carbons (Fsp3) is 0.438. The van der Waals surface area contributed by atoms with Crippen molar-refractivity contribution in [3.05, 3.63) is 41.4 Å². The molecule has 2 rings (SSSR count). The van der Waals surface area contributed by atoms with Crippen LogP contribution in [0.4, 0.5) is 5.82 Å². The van der Waals surface area contributed by atoms with Gasteiger partial charge in [-0.15, -0.1) is 0 Å². The van der Waals surface area contributed by atoms with Crippen LogP contribution in [0.15, 0.2) is 28.9 Å². The van der Waals surface area contributed by atoms with Crippen LogP contribution in [0.5, 0.6) is 0 Å². The van der Waals surface area contributed by atoms with Crippen molar-refractivity contribution in [2.75, 3.05) is 25.1 Å². The topological polar surface area (TPSA) is 91.5 Å². The molecule has 7 heteroatoms. The number of carbonyl (C=O) groups is 1. The van der Waals surface area contributed by atoms with Crippen molar-refractivity contribution < 1.29 is 14.4 Å². The molecule has 0 saturated carbocycles. The van der Waals surface area contributed by atoms with Gasteiger partial charge in [0.1, 0.15) is 5.82 Å². The van der Waals surface area contributed by atoms with Crippen LogP contribution in [0.25, 0.3) is 0 Å². The molecule has 23 heavy (non-hydrogen) atoms. The molecule has 2 aromatic heterocycles. The zero-order chi connectivity index (χ0) is 16.7. The third-order valence-electron chi connectivity index (χ3n) is 3.37. The van der Waals surface area contributed by atoms with Crippen molar-refractivity contribution in [3.63, 3.8) is 0 Å². The lowest BCUT2D eigenvalue weighted by atomic mass is 10.2. The molecule has 0 bridgehead atoms. The number of aromatic nitrogens is 2. The van der Waals surface area contributed by atoms with Gasteiger partial charge < -0.3 is 19.8 Å². The zero-order valence-corrected chi connectivity index (χ0v) is 13.5. The largest absolute Gasteiger partial charge is 0.395 e. The average molecular weight is 318 g/mol. The number of aliphatic hydroxyl groups excluding tert-OH is 1. The fourth-order valence-electron chi connectivity index (χ4n) is 2.09. The maximum absolute atomic E-state index is 12.1. The highest BCUT2D eigenvalue weighted by Crippen LogP contribution is 2.10. The molecule has 0 aliphatic heterocycles. The lowest BCUT2D eigenvalue weighted by Crippen LogP contribution is -2.24. The van der Waals surface area contributed by atoms with Crippen LogP contribution in [0.1, 0.15) is 35.2 Å². The third kappa shape index (κ3) is 4.79. The smallest absolute Gasteiger partial charge is 0.253 e. The van der Waals surface area contributed by atoms with Crippen LogP contribution in [0.3, 0.4) is 0 Å². The van der Waals surface area contributed by atoms with Crippen molar-refractivity contribution in [2.45, 2.75) is 26.3 Å². The second-order valence-corrected chi connectivity index (χ2v) is 5.27. The standard InChI is InChI=1S/C16H22N4O3/c1-3-4-13-9-14(23-19-13)11-18-16(22)12-5-6-15(17-10-12)20(2)7-8-21/h5-6,9-10,21H,3-4,7-8,11H2,1-2H3,(H,18,22). The van der Waals surface area contributed by atoms with Crippen LogP contribution in [-0.2, 0) is 13.0 Å². The normalized spacial score (nSPS) is 10.6. The van der Waals surface area contributed by atoms with E-state index in [-0.39, 0.29) is 12.5 Å². The molecule has 0 unspecified atom stereocenters. The molecular weight excluding hydrogens is 296 g/mol. The number of aryl methyl sites for hydroxylation is 1. The minimum Gasteiger partial charge on any atom is -0.395 e. The number of hydrogen-bond donors (Lipinski definition) is 2. The highest BCUT2D eigenvalue weighted by atomic mass is 16.5. The summed E-state index contributed by atoms with van der Waals surface area (Å²) < 4.78 is 5.17. The Morgan fingerprint density at radius 2 is 2.26 bits per heavy atom. The Kier molecular flexibility index (Phi) is 6.10. The Balaban J connectivity index is 1.89. The van der Waals surface area contributed by atoms with Crippen molar-refractivity contribution >= 4 is 11.7 Å². The maximum Gasteiger partial charge on any atom is 0.253 e. The van der Waals surface area contributed by atoms with Gasteiger partial charge in [-0.25, -0.2) is 4.98 Å². The third-order valence-corrected chi connectivity index (χ3v) is 3.37. The van der Waals surface area contributed by atoms with Gasteiger partial charge in [-0.05, 0) is 18.6 Å². The Morgan fingerprint density at radius 3 is 2.91 bits per heavy atom. The highest BCUT2D eigenvalue weighted by Gasteiger charge is 2.10. The molecule has 0 aromatic carbocycles. The molecule has 0 atom stereocenters. The molecule has 2 N–H and O–H groups in total. The summed E-state index contributed by atoms with van der Waals surface area (Å²) in [5.74, 6) is 1.12. The van der Waals surface area contributed by atoms with Crippen LogP contribution in [0, 0.1) is 0 Å². The van der Waals surface area contributed by atoms with E-state index in [1.54, 1.807) is 12.1 Å². The minimum absolute atomic E-state index is 0.0532. The zero-order valence-electron chi connectivity index (χ0n) is 13.5. The molecule has 0 fully saturated rings. The van der Waals surface area contributed by atoms with Gasteiger partial charge in [-0.2, -0.15) is 0 Å². The van der Waals surface area contributed by atoms with E-state index < -0.39 is 0 Å². The van der Waals surface area contributed by atoms with Gasteiger partial charge in [0.05, 0.1) is 24.4 Å². The number of anilines is 1. The first-order valence-corrected chi connectivity index (χ1v) is 7.64. The summed E-state index contributed by atoms with van der Waals surface area (Å²) in [5, 5.41) is 15.6. The number of pyridine rings is 1. The summed E-state index contributed by atoms with van der Waals surface area (Å²) in [7, 11) is 1.83. The number of carbonyl (C=O) groups excluding carboxylic acids is 1. The van der Waals surface area contributed by atoms with Crippen LogP contribution in [-0.4, -0.2) is 41.4 Å². The van der Waals surface area contributed by atoms with E-state index >= 15 is 0 Å². The summed E-state index contributed by atoms with van der Waals surface area (Å²) in [4.78, 5) is 18.1. The van der Waals surface area contributed by atoms with Crippen molar-refractivity contribution in [3.8, 4) is 0 Å². The summed E-state index contributed by atoms with van der Waals surface area (Å²) in [6.07, 6.45) is 3.38. The molecule has 124 valence electrons. The first-order chi connectivity index (χ1) is 11.1. The fourth-order valence-corrected chi connectivity index (χ4v) is 2.09. The van der Waals surface area contributed by atoms with Gasteiger partial charge in [0.25, 0.3) is 5.91 Å². The predicted octanol–water partition coefficient (Wildman–Crippen LogP) is 1.38. The van der Waals surface area contributed by atoms with Gasteiger partial charge in [0.15, 0.2) is 5.76 Å². The van der Waals surface area contributed by atoms with Gasteiger partial charge >= 0.3 is 0 Å². The molecule has 0 saturated heterocycles. The second kappa shape index (κ2) is 8.28. The van der Waals surface area contributed by atoms with Crippen LogP contribution < -0.4 is 10.2 Å². The van der Waals surface area contributed by atoms with E-state index in [4.69, 9.17) is 9.63 Å². The molecule has 0 aliphatic carbocycles. The number of hydrogen-bond acceptors (Lipinski definition) is 6. The van der Waals surface area contributed by atoms with E-state index in [9.17, 15) is 4.79 Å². The lowest BCUT2D eigenvalue weighted by Gasteiger charge is -2.16. The Labute approximate surface area is 135 Å². The van der Waals surface area contributed by atoms with E-state index in [0.29, 0.717) is 30.2 Å². The first kappa shape index (κ1) is 17.0. The van der Waals surface area contributed by atoms with Crippen molar-refractivity contribution in [2.24, 2.45) is 0 Å². The molecule has 1 amide bonds. The van der Waals surface area contributed by atoms with E-state index in [2.05, 4.69) is 22.4 Å². The summed E-state index contributed by atoms with van der Waals surface area (Å²) in [5.41, 5.74) is 1.37. The molecule has 0 radical (unpaired) electrons. The predicted molar refractivity (Wildman–Crippen MR) is 86.3 cm³/mol. The Bertz CT molecular complexity index is 625. The second-order valence-electron chi connectivity index (χ2n) is 5.27. The number of aliphatic hydroxyl groups is 1. The van der Waals surface area contributed by atoms with Crippen molar-refractivity contribution in [1.29, 1.82) is 0 Å². The number of rotatable bonds is 8. The Hall–Kier alpha value is -2.41. The number of amides is 1. The number of nitrogens with one attached hydrogen (secondary N) is 1. The average Bonchev–Trinajstić information content (AvgIpc) is 3.01. The van der Waals surface area contributed by atoms with E-state index in [1.807, 2.05) is 18.0 Å². The molecule has 2 aromatic rings. The highest BCUT2D eigenvalue weighted by molar-refractivity contribution is 5.93. The quantitative estimate of drug-likeness (QED) is 0.764. The van der Waals surface area contributed by atoms with Crippen molar-refractivity contribution in [1.82, 2.24) is 15.5 Å². The number of likely N-dealkylation sites (N-methyl/N-ethyl adjacent to an activating group) is 1. The van der Waals surface area contributed by atoms with E-state index in [0.717, 1.165) is 18.5 Å². The van der Waals surface area contributed by atoms with Gasteiger partial charge in [-0.3, -0.25) is 4.79 Å². The molecule has 2 heterocycles. The molecule has 0 spiro atoms. The van der Waals surface area contributed by atoms with Gasteiger partial charge in [0, 0.05) is 25.9 Å². The van der Waals surface area contributed by atoms with Gasteiger partial charge in [0.2, 0.25) is 0 Å². The maximum atomic E-state index is 12.1. The van der Waals surface area contributed by atoms with Gasteiger partial charge in [-0.1, -0.05) is 18.5 Å². The SMILES string of the molecule is CCCc1cc(CNC(=O)c2ccc(N(C)CCO)nc2)on1. The summed E-state index contributed by atoms with van der Waals surface area (Å²) in [6, 6.07) is 5.31. The molecule has 0 aliphatic rings. The molecule has 7 nitrogen and oxygen atoms in total. The summed E-state index contributed by atoms with van der Waals surface area (Å²) >= 11 is 0. The first-order valence-electron chi connectivity index (χ1n) is 7.64. The van der Waals surface area contributed by atoms with Crippen LogP contribution in [0.2, 0.25) is 0 Å². The summed E-state index contributed by atoms with van der Waals surface area (Å²) in [6.45, 7) is 2.91. The van der Waals surface area contributed by atoms with E-state index in [1.165, 1.54) is 6.20 Å². The lowest BCUT2D eigenvalue weighted by molar-refractivity contribution is 0.0946. The number of nitrogens with zero attached hydrogens (tertiary/aromatic N) is 3. The monoisotopic (exact) mass is 318 g/mol. The minimum atomic E-state index is -0.220. The molecular formula is C16H22N4O3. The Morgan fingerprint density at radius 1 is 1.43 bits per heavy atom.